The highest BCUT2D eigenvalue weighted by Gasteiger charge is 2.17. The lowest BCUT2D eigenvalue weighted by atomic mass is 9.98. The van der Waals surface area contributed by atoms with Gasteiger partial charge in [-0.05, 0) is 37.0 Å². The van der Waals surface area contributed by atoms with Crippen molar-refractivity contribution in [1.29, 1.82) is 0 Å². The second-order valence-corrected chi connectivity index (χ2v) is 8.07. The van der Waals surface area contributed by atoms with Crippen LogP contribution < -0.4 is 5.56 Å². The Morgan fingerprint density at radius 2 is 2.04 bits per heavy atom. The number of benzene rings is 1. The zero-order chi connectivity index (χ0) is 20.3. The normalized spacial score (nSPS) is 12.1. The molecule has 0 aliphatic rings. The first-order valence-corrected chi connectivity index (χ1v) is 9.98. The summed E-state index contributed by atoms with van der Waals surface area (Å²) >= 11 is 1.49. The van der Waals surface area contributed by atoms with Crippen LogP contribution in [0.2, 0.25) is 0 Å². The van der Waals surface area contributed by atoms with Crippen molar-refractivity contribution in [3.05, 3.63) is 62.0 Å². The third-order valence-electron chi connectivity index (χ3n) is 4.78. The van der Waals surface area contributed by atoms with E-state index in [4.69, 9.17) is 4.74 Å². The lowest BCUT2D eigenvalue weighted by Crippen LogP contribution is -2.15. The maximum absolute atomic E-state index is 12.6. The number of aryl methyl sites for hydroxylation is 1. The molecule has 0 radical (unpaired) electrons. The molecule has 0 spiro atoms. The van der Waals surface area contributed by atoms with E-state index in [2.05, 4.69) is 23.8 Å². The molecule has 0 bridgehead atoms. The second kappa shape index (κ2) is 8.48. The number of hydrogen-bond acceptors (Lipinski definition) is 6. The number of carbonyl (C=O) groups is 2. The summed E-state index contributed by atoms with van der Waals surface area (Å²) in [5, 5.41) is 0.641. The highest BCUT2D eigenvalue weighted by atomic mass is 32.1. The van der Waals surface area contributed by atoms with Crippen LogP contribution in [0.3, 0.4) is 0 Å². The fraction of sp³-hybridized carbons (Fsp3) is 0.333. The minimum absolute atomic E-state index is 0.128. The zero-order valence-corrected chi connectivity index (χ0v) is 16.9. The Labute approximate surface area is 166 Å². The molecule has 28 heavy (non-hydrogen) atoms. The van der Waals surface area contributed by atoms with E-state index in [1.807, 2.05) is 6.92 Å². The van der Waals surface area contributed by atoms with Gasteiger partial charge in [-0.3, -0.25) is 9.59 Å². The molecular weight excluding hydrogens is 376 g/mol. The fourth-order valence-electron chi connectivity index (χ4n) is 2.94. The summed E-state index contributed by atoms with van der Waals surface area (Å²) in [6, 6.07) is 6.14. The predicted octanol–water partition coefficient (Wildman–Crippen LogP) is 4.05. The van der Waals surface area contributed by atoms with Crippen molar-refractivity contribution in [2.75, 3.05) is 0 Å². The van der Waals surface area contributed by atoms with E-state index in [1.165, 1.54) is 23.5 Å². The van der Waals surface area contributed by atoms with Crippen molar-refractivity contribution in [3.63, 3.8) is 0 Å². The molecule has 6 nitrogen and oxygen atoms in total. The average Bonchev–Trinajstić information content (AvgIpc) is 3.01. The first-order chi connectivity index (χ1) is 13.4. The molecule has 0 unspecified atom stereocenters. The van der Waals surface area contributed by atoms with Gasteiger partial charge in [-0.25, -0.2) is 9.78 Å². The smallest absolute Gasteiger partial charge is 0.338 e. The third kappa shape index (κ3) is 4.20. The molecule has 2 heterocycles. The maximum atomic E-state index is 12.6. The Bertz CT molecular complexity index is 1070. The van der Waals surface area contributed by atoms with Crippen LogP contribution >= 0.6 is 11.3 Å². The standard InChI is InChI=1S/C21H22N2O4S/c1-4-12(2)9-16-13(3)28-20-18(16)19(25)22-17(23-20)11-27-21(26)15-7-5-14(10-24)6-8-15/h5-8,10,12H,4,9,11H2,1-3H3,(H,22,23,25)/t12-/m0/s1. The number of rotatable bonds is 7. The number of aldehydes is 1. The number of aromatic amines is 1. The van der Waals surface area contributed by atoms with Gasteiger partial charge < -0.3 is 9.72 Å². The van der Waals surface area contributed by atoms with Crippen LogP contribution in [0, 0.1) is 12.8 Å². The Balaban J connectivity index is 1.79. The molecule has 7 heteroatoms. The van der Waals surface area contributed by atoms with Crippen LogP contribution in [0.25, 0.3) is 10.2 Å². The molecule has 0 aliphatic carbocycles. The van der Waals surface area contributed by atoms with Gasteiger partial charge >= 0.3 is 5.97 Å². The van der Waals surface area contributed by atoms with Crippen molar-refractivity contribution in [2.45, 2.75) is 40.2 Å². The number of thiophene rings is 1. The number of aromatic nitrogens is 2. The van der Waals surface area contributed by atoms with Crippen LogP contribution in [-0.4, -0.2) is 22.2 Å². The van der Waals surface area contributed by atoms with E-state index >= 15 is 0 Å². The van der Waals surface area contributed by atoms with Crippen molar-refractivity contribution >= 4 is 33.8 Å². The molecule has 0 saturated heterocycles. The quantitative estimate of drug-likeness (QED) is 0.479. The van der Waals surface area contributed by atoms with E-state index in [9.17, 15) is 14.4 Å². The highest BCUT2D eigenvalue weighted by molar-refractivity contribution is 7.18. The largest absolute Gasteiger partial charge is 0.454 e. The van der Waals surface area contributed by atoms with E-state index in [0.717, 1.165) is 23.3 Å². The lowest BCUT2D eigenvalue weighted by Gasteiger charge is -2.08. The summed E-state index contributed by atoms with van der Waals surface area (Å²) in [4.78, 5) is 44.4. The molecule has 2 aromatic heterocycles. The van der Waals surface area contributed by atoms with Gasteiger partial charge in [-0.1, -0.05) is 32.4 Å². The van der Waals surface area contributed by atoms with Crippen molar-refractivity contribution in [3.8, 4) is 0 Å². The van der Waals surface area contributed by atoms with E-state index in [0.29, 0.717) is 39.4 Å². The molecule has 1 atom stereocenters. The zero-order valence-electron chi connectivity index (χ0n) is 16.1. The monoisotopic (exact) mass is 398 g/mol. The minimum atomic E-state index is -0.542. The first-order valence-electron chi connectivity index (χ1n) is 9.16. The number of fused-ring (bicyclic) bond motifs is 1. The van der Waals surface area contributed by atoms with Crippen LogP contribution in [0.15, 0.2) is 29.1 Å². The number of ether oxygens (including phenoxy) is 1. The Morgan fingerprint density at radius 3 is 2.68 bits per heavy atom. The summed E-state index contributed by atoms with van der Waals surface area (Å²) in [5.74, 6) is 0.258. The number of hydrogen-bond donors (Lipinski definition) is 1. The van der Waals surface area contributed by atoms with Crippen LogP contribution in [-0.2, 0) is 17.8 Å². The van der Waals surface area contributed by atoms with Gasteiger partial charge in [-0.15, -0.1) is 11.3 Å². The summed E-state index contributed by atoms with van der Waals surface area (Å²) in [6.45, 7) is 6.18. The topological polar surface area (TPSA) is 89.1 Å². The van der Waals surface area contributed by atoms with Crippen LogP contribution in [0.5, 0.6) is 0 Å². The van der Waals surface area contributed by atoms with Gasteiger partial charge in [0.25, 0.3) is 5.56 Å². The number of carbonyl (C=O) groups excluding carboxylic acids is 2. The highest BCUT2D eigenvalue weighted by Crippen LogP contribution is 2.29. The third-order valence-corrected chi connectivity index (χ3v) is 5.83. The molecule has 0 amide bonds. The van der Waals surface area contributed by atoms with Gasteiger partial charge in [0.2, 0.25) is 0 Å². The van der Waals surface area contributed by atoms with Crippen LogP contribution in [0.4, 0.5) is 0 Å². The molecular formula is C21H22N2O4S. The predicted molar refractivity (Wildman–Crippen MR) is 109 cm³/mol. The number of H-pyrrole nitrogens is 1. The van der Waals surface area contributed by atoms with Gasteiger partial charge in [-0.2, -0.15) is 0 Å². The van der Waals surface area contributed by atoms with Crippen molar-refractivity contribution in [2.24, 2.45) is 5.92 Å². The molecule has 146 valence electrons. The number of esters is 1. The molecule has 1 aromatic carbocycles. The summed E-state index contributed by atoms with van der Waals surface area (Å²) < 4.78 is 5.26. The second-order valence-electron chi connectivity index (χ2n) is 6.86. The van der Waals surface area contributed by atoms with Crippen LogP contribution in [0.1, 0.15) is 57.2 Å². The van der Waals surface area contributed by atoms with Gasteiger partial charge in [0.05, 0.1) is 10.9 Å². The van der Waals surface area contributed by atoms with E-state index < -0.39 is 5.97 Å². The van der Waals surface area contributed by atoms with E-state index in [1.54, 1.807) is 12.1 Å². The number of nitrogens with zero attached hydrogens (tertiary/aromatic N) is 1. The number of nitrogens with one attached hydrogen (secondary N) is 1. The molecule has 1 N–H and O–H groups in total. The maximum Gasteiger partial charge on any atom is 0.338 e. The van der Waals surface area contributed by atoms with Crippen molar-refractivity contribution in [1.82, 2.24) is 9.97 Å². The summed E-state index contributed by atoms with van der Waals surface area (Å²) in [5.41, 5.74) is 1.67. The summed E-state index contributed by atoms with van der Waals surface area (Å²) in [6.07, 6.45) is 2.60. The molecule has 0 fully saturated rings. The van der Waals surface area contributed by atoms with Gasteiger partial charge in [0, 0.05) is 10.4 Å². The summed E-state index contributed by atoms with van der Waals surface area (Å²) in [7, 11) is 0. The molecule has 0 aliphatic heterocycles. The Kier molecular flexibility index (Phi) is 6.04. The fourth-order valence-corrected chi connectivity index (χ4v) is 4.01. The molecule has 0 saturated carbocycles. The first kappa shape index (κ1) is 19.9. The van der Waals surface area contributed by atoms with Crippen molar-refractivity contribution < 1.29 is 14.3 Å². The SMILES string of the molecule is CC[C@H](C)Cc1c(C)sc2nc(COC(=O)c3ccc(C=O)cc3)[nH]c(=O)c12. The molecule has 3 aromatic rings. The average molecular weight is 398 g/mol. The van der Waals surface area contributed by atoms with Gasteiger partial charge in [0.1, 0.15) is 23.5 Å². The molecule has 3 rings (SSSR count). The van der Waals surface area contributed by atoms with Gasteiger partial charge in [0.15, 0.2) is 0 Å². The Morgan fingerprint density at radius 1 is 1.32 bits per heavy atom. The van der Waals surface area contributed by atoms with E-state index in [-0.39, 0.29) is 12.2 Å². The minimum Gasteiger partial charge on any atom is -0.454 e. The lowest BCUT2D eigenvalue weighted by molar-refractivity contribution is 0.0462. The Hall–Kier alpha value is -2.80.